The van der Waals surface area contributed by atoms with E-state index in [9.17, 15) is 8.42 Å². The Kier molecular flexibility index (Phi) is 8.35. The molecule has 2 aromatic carbocycles. The first-order valence-electron chi connectivity index (χ1n) is 10.9. The number of rotatable bonds is 12. The van der Waals surface area contributed by atoms with Gasteiger partial charge < -0.3 is 14.2 Å². The van der Waals surface area contributed by atoms with Crippen molar-refractivity contribution in [2.75, 3.05) is 27.4 Å². The number of nitrogens with zero attached hydrogens (tertiary/aromatic N) is 3. The molecule has 8 nitrogen and oxygen atoms in total. The van der Waals surface area contributed by atoms with E-state index in [-0.39, 0.29) is 11.4 Å². The van der Waals surface area contributed by atoms with Crippen molar-refractivity contribution < 1.29 is 22.6 Å². The van der Waals surface area contributed by atoms with Crippen LogP contribution in [0, 0.1) is 0 Å². The Morgan fingerprint density at radius 1 is 0.970 bits per heavy atom. The van der Waals surface area contributed by atoms with Crippen LogP contribution in [0.1, 0.15) is 25.1 Å². The summed E-state index contributed by atoms with van der Waals surface area (Å²) in [4.78, 5) is 0.223. The lowest BCUT2D eigenvalue weighted by molar-refractivity contribution is 0.340. The zero-order chi connectivity index (χ0) is 23.8. The van der Waals surface area contributed by atoms with E-state index in [4.69, 9.17) is 14.2 Å². The van der Waals surface area contributed by atoms with Gasteiger partial charge in [0, 0.05) is 19.3 Å². The number of sulfonamides is 1. The largest absolute Gasteiger partial charge is 0.494 e. The molecule has 0 aliphatic rings. The average Bonchev–Trinajstić information content (AvgIpc) is 3.29. The summed E-state index contributed by atoms with van der Waals surface area (Å²) >= 11 is 0. The first-order valence-corrected chi connectivity index (χ1v) is 12.3. The summed E-state index contributed by atoms with van der Waals surface area (Å²) in [6, 6.07) is 14.0. The minimum Gasteiger partial charge on any atom is -0.494 e. The lowest BCUT2D eigenvalue weighted by Gasteiger charge is -2.23. The van der Waals surface area contributed by atoms with Gasteiger partial charge in [0.15, 0.2) is 11.5 Å². The van der Waals surface area contributed by atoms with E-state index in [0.717, 1.165) is 11.3 Å². The molecular formula is C24H31N3O5S. The molecule has 0 fully saturated rings. The molecule has 33 heavy (non-hydrogen) atoms. The molecule has 9 heteroatoms. The first-order chi connectivity index (χ1) is 15.9. The van der Waals surface area contributed by atoms with Gasteiger partial charge in [-0.15, -0.1) is 0 Å². The molecule has 0 spiro atoms. The number of aromatic nitrogens is 2. The van der Waals surface area contributed by atoms with Gasteiger partial charge >= 0.3 is 0 Å². The zero-order valence-electron chi connectivity index (χ0n) is 19.5. The van der Waals surface area contributed by atoms with Crippen LogP contribution in [-0.2, 0) is 29.5 Å². The minimum absolute atomic E-state index is 0.219. The first kappa shape index (κ1) is 24.6. The number of ether oxygens (including phenoxy) is 3. The quantitative estimate of drug-likeness (QED) is 0.398. The molecule has 1 heterocycles. The van der Waals surface area contributed by atoms with Crippen LogP contribution in [0.15, 0.2) is 59.6 Å². The molecule has 0 saturated heterocycles. The molecular weight excluding hydrogens is 442 g/mol. The summed E-state index contributed by atoms with van der Waals surface area (Å²) in [5.41, 5.74) is 1.78. The Morgan fingerprint density at radius 2 is 1.70 bits per heavy atom. The molecule has 1 aromatic heterocycles. The molecule has 0 unspecified atom stereocenters. The number of benzene rings is 2. The lowest BCUT2D eigenvalue weighted by Crippen LogP contribution is -2.33. The van der Waals surface area contributed by atoms with Crippen molar-refractivity contribution in [3.8, 4) is 17.2 Å². The summed E-state index contributed by atoms with van der Waals surface area (Å²) in [5, 5.41) is 4.28. The van der Waals surface area contributed by atoms with Crippen molar-refractivity contribution in [3.05, 3.63) is 66.0 Å². The van der Waals surface area contributed by atoms with Crippen LogP contribution in [-0.4, -0.2) is 49.9 Å². The normalized spacial score (nSPS) is 11.5. The van der Waals surface area contributed by atoms with Gasteiger partial charge in [0.05, 0.1) is 38.0 Å². The second-order valence-electron chi connectivity index (χ2n) is 7.32. The van der Waals surface area contributed by atoms with Crippen LogP contribution in [0.25, 0.3) is 0 Å². The third kappa shape index (κ3) is 5.85. The molecule has 0 atom stereocenters. The van der Waals surface area contributed by atoms with Gasteiger partial charge in [-0.2, -0.15) is 9.40 Å². The highest BCUT2D eigenvalue weighted by Crippen LogP contribution is 2.28. The Bertz CT molecular complexity index is 1140. The zero-order valence-corrected chi connectivity index (χ0v) is 20.3. The van der Waals surface area contributed by atoms with Crippen molar-refractivity contribution in [3.63, 3.8) is 0 Å². The van der Waals surface area contributed by atoms with Crippen LogP contribution in [0.5, 0.6) is 17.2 Å². The van der Waals surface area contributed by atoms with E-state index in [1.165, 1.54) is 4.31 Å². The molecule has 0 bridgehead atoms. The molecule has 3 rings (SSSR count). The SMILES string of the molecule is CCOc1ccc(S(=O)(=O)N(CCc2ccc(OC)c(OC)c2)Cc2ccnn2CC)cc1. The highest BCUT2D eigenvalue weighted by Gasteiger charge is 2.26. The van der Waals surface area contributed by atoms with Gasteiger partial charge in [-0.1, -0.05) is 6.07 Å². The van der Waals surface area contributed by atoms with Crippen LogP contribution < -0.4 is 14.2 Å². The molecule has 0 saturated carbocycles. The lowest BCUT2D eigenvalue weighted by atomic mass is 10.1. The van der Waals surface area contributed by atoms with Crippen molar-refractivity contribution in [1.29, 1.82) is 0 Å². The van der Waals surface area contributed by atoms with Crippen molar-refractivity contribution >= 4 is 10.0 Å². The third-order valence-electron chi connectivity index (χ3n) is 5.31. The maximum absolute atomic E-state index is 13.6. The molecule has 0 radical (unpaired) electrons. The van der Waals surface area contributed by atoms with E-state index < -0.39 is 10.0 Å². The summed E-state index contributed by atoms with van der Waals surface area (Å²) in [5.74, 6) is 1.88. The number of hydrogen-bond donors (Lipinski definition) is 0. The predicted octanol–water partition coefficient (Wildman–Crippen LogP) is 3.75. The molecule has 0 aliphatic carbocycles. The standard InChI is InChI=1S/C24H31N3O5S/c1-5-27-20(13-15-25-27)18-26(16-14-19-7-12-23(30-3)24(17-19)31-4)33(28,29)22-10-8-21(9-11-22)32-6-2/h7-13,15,17H,5-6,14,16,18H2,1-4H3. The smallest absolute Gasteiger partial charge is 0.243 e. The second-order valence-corrected chi connectivity index (χ2v) is 9.26. The fourth-order valence-corrected chi connectivity index (χ4v) is 4.97. The highest BCUT2D eigenvalue weighted by atomic mass is 32.2. The van der Waals surface area contributed by atoms with Crippen molar-refractivity contribution in [2.45, 2.75) is 38.3 Å². The second kappa shape index (κ2) is 11.2. The Hall–Kier alpha value is -3.04. The number of methoxy groups -OCH3 is 2. The maximum atomic E-state index is 13.6. The van der Waals surface area contributed by atoms with Gasteiger partial charge in [0.1, 0.15) is 5.75 Å². The molecule has 0 N–H and O–H groups in total. The molecule has 0 aliphatic heterocycles. The van der Waals surface area contributed by atoms with Gasteiger partial charge in [-0.25, -0.2) is 8.42 Å². The topological polar surface area (TPSA) is 82.9 Å². The van der Waals surface area contributed by atoms with Crippen molar-refractivity contribution in [2.24, 2.45) is 0 Å². The van der Waals surface area contributed by atoms with Gasteiger partial charge in [0.25, 0.3) is 0 Å². The molecule has 3 aromatic rings. The van der Waals surface area contributed by atoms with Crippen LogP contribution in [0.4, 0.5) is 0 Å². The highest BCUT2D eigenvalue weighted by molar-refractivity contribution is 7.89. The van der Waals surface area contributed by atoms with Crippen LogP contribution >= 0.6 is 0 Å². The van der Waals surface area contributed by atoms with E-state index >= 15 is 0 Å². The van der Waals surface area contributed by atoms with E-state index in [0.29, 0.717) is 43.4 Å². The fourth-order valence-electron chi connectivity index (χ4n) is 3.56. The van der Waals surface area contributed by atoms with Crippen LogP contribution in [0.3, 0.4) is 0 Å². The maximum Gasteiger partial charge on any atom is 0.243 e. The van der Waals surface area contributed by atoms with Gasteiger partial charge in [-0.05, 0) is 68.3 Å². The van der Waals surface area contributed by atoms with Gasteiger partial charge in [-0.3, -0.25) is 4.68 Å². The monoisotopic (exact) mass is 473 g/mol. The van der Waals surface area contributed by atoms with Crippen LogP contribution in [0.2, 0.25) is 0 Å². The third-order valence-corrected chi connectivity index (χ3v) is 7.17. The average molecular weight is 474 g/mol. The Balaban J connectivity index is 1.88. The van der Waals surface area contributed by atoms with E-state index in [1.807, 2.05) is 38.1 Å². The molecule has 0 amide bonds. The minimum atomic E-state index is -3.75. The predicted molar refractivity (Wildman–Crippen MR) is 126 cm³/mol. The summed E-state index contributed by atoms with van der Waals surface area (Å²) in [6.07, 6.45) is 2.20. The molecule has 178 valence electrons. The van der Waals surface area contributed by atoms with Crippen molar-refractivity contribution in [1.82, 2.24) is 14.1 Å². The Labute approximate surface area is 195 Å². The van der Waals surface area contributed by atoms with Gasteiger partial charge in [0.2, 0.25) is 10.0 Å². The fraction of sp³-hybridized carbons (Fsp3) is 0.375. The summed E-state index contributed by atoms with van der Waals surface area (Å²) < 4.78 is 46.6. The summed E-state index contributed by atoms with van der Waals surface area (Å²) in [6.45, 7) is 5.55. The van der Waals surface area contributed by atoms with E-state index in [2.05, 4.69) is 5.10 Å². The number of hydrogen-bond acceptors (Lipinski definition) is 6. The Morgan fingerprint density at radius 3 is 2.33 bits per heavy atom. The van der Waals surface area contributed by atoms with E-state index in [1.54, 1.807) is 49.4 Å². The summed E-state index contributed by atoms with van der Waals surface area (Å²) in [7, 11) is -0.589. The number of aryl methyl sites for hydroxylation is 1.